The average Bonchev–Trinajstić information content (AvgIpc) is 3.18. The molecule has 2 amide bonds. The second-order valence-corrected chi connectivity index (χ2v) is 8.64. The minimum absolute atomic E-state index is 0.154. The first kappa shape index (κ1) is 25.0. The molecule has 1 aliphatic heterocycles. The van der Waals surface area contributed by atoms with Gasteiger partial charge in [0.2, 0.25) is 0 Å². The van der Waals surface area contributed by atoms with Crippen molar-refractivity contribution in [3.05, 3.63) is 89.1 Å². The van der Waals surface area contributed by atoms with Crippen LogP contribution < -0.4 is 14.8 Å². The lowest BCUT2D eigenvalue weighted by Crippen LogP contribution is -2.28. The van der Waals surface area contributed by atoms with Gasteiger partial charge in [0.1, 0.15) is 17.3 Å². The highest BCUT2D eigenvalue weighted by Crippen LogP contribution is 2.35. The molecule has 1 heterocycles. The maximum absolute atomic E-state index is 13.1. The van der Waals surface area contributed by atoms with Crippen LogP contribution in [-0.2, 0) is 9.59 Å². The van der Waals surface area contributed by atoms with Crippen LogP contribution in [0, 0.1) is 5.82 Å². The Labute approximate surface area is 212 Å². The molecule has 3 aromatic carbocycles. The monoisotopic (exact) mass is 505 g/mol. The second kappa shape index (κ2) is 11.5. The van der Waals surface area contributed by atoms with Gasteiger partial charge in [0, 0.05) is 17.8 Å². The predicted octanol–water partition coefficient (Wildman–Crippen LogP) is 5.48. The normalized spacial score (nSPS) is 15.4. The molecule has 9 heteroatoms. The molecule has 1 aliphatic rings. The molecule has 3 aromatic rings. The van der Waals surface area contributed by atoms with E-state index in [4.69, 9.17) is 9.47 Å². The fraction of sp³-hybridized carbons (Fsp3) is 0.148. The van der Waals surface area contributed by atoms with E-state index >= 15 is 0 Å². The molecule has 0 aliphatic carbocycles. The summed E-state index contributed by atoms with van der Waals surface area (Å²) in [6.45, 7) is 2.12. The molecule has 0 spiro atoms. The number of thioether (sulfide) groups is 1. The molecule has 1 N–H and O–H groups in total. The number of carbonyl (C=O) groups is 2. The number of nitrogens with one attached hydrogen (secondary N) is 1. The fourth-order valence-corrected chi connectivity index (χ4v) is 4.44. The van der Waals surface area contributed by atoms with Crippen LogP contribution in [0.4, 0.5) is 15.8 Å². The summed E-state index contributed by atoms with van der Waals surface area (Å²) in [4.78, 5) is 32.1. The van der Waals surface area contributed by atoms with Crippen molar-refractivity contribution in [2.45, 2.75) is 6.92 Å². The summed E-state index contributed by atoms with van der Waals surface area (Å²) in [5, 5.41) is 3.23. The Balaban J connectivity index is 1.49. The number of ether oxygens (including phenoxy) is 2. The van der Waals surface area contributed by atoms with Gasteiger partial charge < -0.3 is 14.8 Å². The van der Waals surface area contributed by atoms with Crippen LogP contribution in [0.25, 0.3) is 6.08 Å². The molecule has 0 bridgehead atoms. The lowest BCUT2D eigenvalue weighted by atomic mass is 10.2. The number of amidine groups is 1. The van der Waals surface area contributed by atoms with Crippen molar-refractivity contribution in [2.24, 2.45) is 4.99 Å². The lowest BCUT2D eigenvalue weighted by molar-refractivity contribution is -0.122. The number of benzene rings is 3. The van der Waals surface area contributed by atoms with E-state index in [2.05, 4.69) is 10.3 Å². The molecular formula is C27H24FN3O4S. The van der Waals surface area contributed by atoms with Crippen LogP contribution in [0.15, 0.2) is 82.7 Å². The van der Waals surface area contributed by atoms with Gasteiger partial charge in [-0.15, -0.1) is 0 Å². The van der Waals surface area contributed by atoms with Crippen molar-refractivity contribution in [1.82, 2.24) is 4.90 Å². The molecule has 1 saturated heterocycles. The Morgan fingerprint density at radius 2 is 1.81 bits per heavy atom. The maximum Gasteiger partial charge on any atom is 0.266 e. The zero-order valence-electron chi connectivity index (χ0n) is 19.7. The summed E-state index contributed by atoms with van der Waals surface area (Å²) in [7, 11) is 1.60. The predicted molar refractivity (Wildman–Crippen MR) is 140 cm³/mol. The van der Waals surface area contributed by atoms with Crippen LogP contribution in [0.2, 0.25) is 0 Å². The lowest BCUT2D eigenvalue weighted by Gasteiger charge is -2.12. The molecule has 0 aromatic heterocycles. The first-order valence-corrected chi connectivity index (χ1v) is 12.0. The summed E-state index contributed by atoms with van der Waals surface area (Å²) >= 11 is 1.28. The highest BCUT2D eigenvalue weighted by Gasteiger charge is 2.32. The van der Waals surface area contributed by atoms with Crippen LogP contribution in [-0.4, -0.2) is 42.1 Å². The van der Waals surface area contributed by atoms with Gasteiger partial charge in [-0.1, -0.05) is 18.2 Å². The van der Waals surface area contributed by atoms with Crippen LogP contribution in [0.1, 0.15) is 12.5 Å². The molecule has 4 rings (SSSR count). The fourth-order valence-electron chi connectivity index (χ4n) is 3.38. The zero-order chi connectivity index (χ0) is 25.5. The van der Waals surface area contributed by atoms with Gasteiger partial charge in [-0.25, -0.2) is 9.38 Å². The third kappa shape index (κ3) is 6.11. The van der Waals surface area contributed by atoms with E-state index in [1.807, 2.05) is 43.3 Å². The van der Waals surface area contributed by atoms with E-state index < -0.39 is 0 Å². The van der Waals surface area contributed by atoms with E-state index in [0.29, 0.717) is 39.3 Å². The number of carbonyl (C=O) groups excluding carboxylic acids is 2. The highest BCUT2D eigenvalue weighted by molar-refractivity contribution is 8.18. The van der Waals surface area contributed by atoms with Crippen LogP contribution in [0.3, 0.4) is 0 Å². The Bertz CT molecular complexity index is 1310. The van der Waals surface area contributed by atoms with Gasteiger partial charge in [0.25, 0.3) is 11.8 Å². The van der Waals surface area contributed by atoms with Gasteiger partial charge in [-0.3, -0.25) is 14.5 Å². The van der Waals surface area contributed by atoms with Crippen LogP contribution >= 0.6 is 11.8 Å². The van der Waals surface area contributed by atoms with E-state index in [1.165, 1.54) is 36.0 Å². The van der Waals surface area contributed by atoms with E-state index in [9.17, 15) is 14.0 Å². The van der Waals surface area contributed by atoms with Crippen molar-refractivity contribution in [3.63, 3.8) is 0 Å². The minimum Gasteiger partial charge on any atom is -0.497 e. The summed E-state index contributed by atoms with van der Waals surface area (Å²) in [6.07, 6.45) is 1.74. The topological polar surface area (TPSA) is 80.2 Å². The summed E-state index contributed by atoms with van der Waals surface area (Å²) in [6, 6.07) is 19.9. The molecule has 0 radical (unpaired) electrons. The standard InChI is InChI=1S/C27H24FN3O4S/c1-3-31-26(33)24(36-27(31)30-21-12-14-22(34-2)15-13-21)16-18-6-4-5-7-23(18)35-17-25(32)29-20-10-8-19(28)9-11-20/h4-16H,3,17H2,1-2H3,(H,29,32)/b24-16+,30-27?. The molecular weight excluding hydrogens is 481 g/mol. The third-order valence-corrected chi connectivity index (χ3v) is 6.20. The minimum atomic E-state index is -0.388. The smallest absolute Gasteiger partial charge is 0.266 e. The van der Waals surface area contributed by atoms with Gasteiger partial charge in [0.05, 0.1) is 17.7 Å². The zero-order valence-corrected chi connectivity index (χ0v) is 20.5. The summed E-state index contributed by atoms with van der Waals surface area (Å²) < 4.78 is 24.0. The molecule has 1 fully saturated rings. The van der Waals surface area contributed by atoms with Crippen LogP contribution in [0.5, 0.6) is 11.5 Å². The largest absolute Gasteiger partial charge is 0.497 e. The van der Waals surface area contributed by atoms with Gasteiger partial charge >= 0.3 is 0 Å². The quantitative estimate of drug-likeness (QED) is 0.411. The molecule has 36 heavy (non-hydrogen) atoms. The number of hydrogen-bond acceptors (Lipinski definition) is 6. The van der Waals surface area contributed by atoms with E-state index in [0.717, 1.165) is 5.75 Å². The molecule has 0 unspecified atom stereocenters. The first-order valence-electron chi connectivity index (χ1n) is 11.2. The Morgan fingerprint density at radius 1 is 1.08 bits per heavy atom. The van der Waals surface area contributed by atoms with Crippen molar-refractivity contribution in [3.8, 4) is 11.5 Å². The number of rotatable bonds is 8. The van der Waals surface area contributed by atoms with Gasteiger partial charge in [-0.2, -0.15) is 0 Å². The van der Waals surface area contributed by atoms with Gasteiger partial charge in [-0.05, 0) is 79.4 Å². The van der Waals surface area contributed by atoms with Crippen molar-refractivity contribution >= 4 is 46.2 Å². The number of amides is 2. The average molecular weight is 506 g/mol. The Kier molecular flexibility index (Phi) is 8.02. The Morgan fingerprint density at radius 3 is 2.50 bits per heavy atom. The number of anilines is 1. The number of methoxy groups -OCH3 is 1. The second-order valence-electron chi connectivity index (χ2n) is 7.63. The van der Waals surface area contributed by atoms with Crippen molar-refractivity contribution in [1.29, 1.82) is 0 Å². The SMILES string of the molecule is CCN1C(=O)/C(=C\c2ccccc2OCC(=O)Nc2ccc(F)cc2)SC1=Nc1ccc(OC)cc1. The summed E-state index contributed by atoms with van der Waals surface area (Å²) in [5.41, 5.74) is 1.84. The number of likely N-dealkylation sites (N-methyl/N-ethyl adjacent to an activating group) is 1. The molecule has 7 nitrogen and oxygen atoms in total. The summed E-state index contributed by atoms with van der Waals surface area (Å²) in [5.74, 6) is 0.255. The molecule has 0 saturated carbocycles. The van der Waals surface area contributed by atoms with E-state index in [-0.39, 0.29) is 24.2 Å². The van der Waals surface area contributed by atoms with Crippen molar-refractivity contribution < 1.29 is 23.5 Å². The number of nitrogens with zero attached hydrogens (tertiary/aromatic N) is 2. The van der Waals surface area contributed by atoms with Gasteiger partial charge in [0.15, 0.2) is 11.8 Å². The molecule has 0 atom stereocenters. The van der Waals surface area contributed by atoms with E-state index in [1.54, 1.807) is 30.2 Å². The number of aliphatic imine (C=N–C) groups is 1. The maximum atomic E-state index is 13.1. The number of hydrogen-bond donors (Lipinski definition) is 1. The highest BCUT2D eigenvalue weighted by atomic mass is 32.2. The number of halogens is 1. The molecule has 184 valence electrons. The first-order chi connectivity index (χ1) is 17.5. The Hall–Kier alpha value is -4.11. The number of para-hydroxylation sites is 1. The third-order valence-electron chi connectivity index (χ3n) is 5.19. The van der Waals surface area contributed by atoms with Crippen molar-refractivity contribution in [2.75, 3.05) is 25.6 Å².